The van der Waals surface area contributed by atoms with Crippen LogP contribution in [0.3, 0.4) is 0 Å². The minimum atomic E-state index is -1.00. The molecule has 1 amide bonds. The number of aryl methyl sites for hydroxylation is 1. The Morgan fingerprint density at radius 2 is 1.71 bits per heavy atom. The van der Waals surface area contributed by atoms with Crippen molar-refractivity contribution in [3.63, 3.8) is 0 Å². The molecule has 0 aliphatic rings. The first kappa shape index (κ1) is 24.2. The Kier molecular flexibility index (Phi) is 6.98. The predicted molar refractivity (Wildman–Crippen MR) is 136 cm³/mol. The van der Waals surface area contributed by atoms with Crippen LogP contribution in [0, 0.1) is 6.92 Å². The molecule has 35 heavy (non-hydrogen) atoms. The van der Waals surface area contributed by atoms with Crippen molar-refractivity contribution in [2.45, 2.75) is 20.0 Å². The van der Waals surface area contributed by atoms with Gasteiger partial charge >= 0.3 is 0 Å². The molecule has 3 aromatic carbocycles. The monoisotopic (exact) mass is 493 g/mol. The quantitative estimate of drug-likeness (QED) is 0.348. The van der Waals surface area contributed by atoms with Gasteiger partial charge in [0.2, 0.25) is 11.2 Å². The molecule has 0 bridgehead atoms. The molecule has 0 fully saturated rings. The molecule has 1 unspecified atom stereocenters. The van der Waals surface area contributed by atoms with Crippen molar-refractivity contribution in [3.05, 3.63) is 81.5 Å². The van der Waals surface area contributed by atoms with E-state index in [9.17, 15) is 9.59 Å². The Bertz CT molecular complexity index is 1450. The second-order valence-electron chi connectivity index (χ2n) is 7.87. The van der Waals surface area contributed by atoms with Crippen LogP contribution in [0.4, 0.5) is 5.69 Å². The van der Waals surface area contributed by atoms with Crippen LogP contribution in [-0.4, -0.2) is 26.2 Å². The zero-order valence-corrected chi connectivity index (χ0v) is 20.4. The highest BCUT2D eigenvalue weighted by Gasteiger charge is 2.24. The van der Waals surface area contributed by atoms with Crippen molar-refractivity contribution < 1.29 is 23.4 Å². The first-order valence-corrected chi connectivity index (χ1v) is 11.2. The number of nitrogens with one attached hydrogen (secondary N) is 1. The van der Waals surface area contributed by atoms with Crippen LogP contribution in [-0.2, 0) is 4.79 Å². The number of rotatable bonds is 7. The van der Waals surface area contributed by atoms with Gasteiger partial charge in [0.05, 0.1) is 19.6 Å². The standard InChI is InChI=1S/C27H24ClNO6/c1-15-12-22-19(14-20(15)28)24(30)26(34-16(2)27(31)29-18-8-6-5-7-9-18)25(35-22)17-10-11-21(32-3)23(13-17)33-4/h5-14,16H,1-4H3,(H,29,31). The van der Waals surface area contributed by atoms with Crippen LogP contribution in [0.15, 0.2) is 69.9 Å². The Labute approximate surface area is 207 Å². The number of ether oxygens (including phenoxy) is 3. The summed E-state index contributed by atoms with van der Waals surface area (Å²) >= 11 is 6.27. The minimum Gasteiger partial charge on any atom is -0.493 e. The lowest BCUT2D eigenvalue weighted by molar-refractivity contribution is -0.122. The van der Waals surface area contributed by atoms with Crippen LogP contribution in [0.2, 0.25) is 5.02 Å². The molecule has 1 heterocycles. The van der Waals surface area contributed by atoms with Crippen LogP contribution < -0.4 is 25.0 Å². The number of amides is 1. The maximum absolute atomic E-state index is 13.5. The number of benzene rings is 3. The molecule has 0 aliphatic carbocycles. The molecule has 0 spiro atoms. The summed E-state index contributed by atoms with van der Waals surface area (Å²) in [7, 11) is 3.04. The van der Waals surface area contributed by atoms with Crippen LogP contribution in [0.25, 0.3) is 22.3 Å². The van der Waals surface area contributed by atoms with Crippen molar-refractivity contribution in [2.24, 2.45) is 0 Å². The number of carbonyl (C=O) groups excluding carboxylic acids is 1. The fourth-order valence-electron chi connectivity index (χ4n) is 3.57. The van der Waals surface area contributed by atoms with Gasteiger partial charge in [0.25, 0.3) is 5.91 Å². The third-order valence-electron chi connectivity index (χ3n) is 5.48. The third kappa shape index (κ3) is 4.95. The Hall–Kier alpha value is -3.97. The number of methoxy groups -OCH3 is 2. The number of hydrogen-bond acceptors (Lipinski definition) is 6. The largest absolute Gasteiger partial charge is 0.493 e. The number of anilines is 1. The highest BCUT2D eigenvalue weighted by Crippen LogP contribution is 2.37. The highest BCUT2D eigenvalue weighted by molar-refractivity contribution is 6.32. The van der Waals surface area contributed by atoms with Gasteiger partial charge < -0.3 is 23.9 Å². The summed E-state index contributed by atoms with van der Waals surface area (Å²) < 4.78 is 22.8. The molecule has 4 rings (SSSR count). The van der Waals surface area contributed by atoms with Gasteiger partial charge in [-0.3, -0.25) is 9.59 Å². The van der Waals surface area contributed by atoms with Crippen molar-refractivity contribution >= 4 is 34.2 Å². The lowest BCUT2D eigenvalue weighted by atomic mass is 10.1. The van der Waals surface area contributed by atoms with E-state index in [2.05, 4.69) is 5.32 Å². The van der Waals surface area contributed by atoms with Gasteiger partial charge in [0.1, 0.15) is 5.58 Å². The average Bonchev–Trinajstić information content (AvgIpc) is 2.87. The second-order valence-corrected chi connectivity index (χ2v) is 8.28. The number of carbonyl (C=O) groups is 1. The van der Waals surface area contributed by atoms with E-state index < -0.39 is 17.4 Å². The van der Waals surface area contributed by atoms with E-state index >= 15 is 0 Å². The maximum Gasteiger partial charge on any atom is 0.265 e. The molecule has 7 nitrogen and oxygen atoms in total. The molecule has 0 radical (unpaired) electrons. The molecule has 8 heteroatoms. The summed E-state index contributed by atoms with van der Waals surface area (Å²) in [6, 6.07) is 17.3. The summed E-state index contributed by atoms with van der Waals surface area (Å²) in [4.78, 5) is 26.3. The fourth-order valence-corrected chi connectivity index (χ4v) is 3.73. The van der Waals surface area contributed by atoms with Gasteiger partial charge in [-0.05, 0) is 61.9 Å². The highest BCUT2D eigenvalue weighted by atomic mass is 35.5. The molecule has 1 atom stereocenters. The van der Waals surface area contributed by atoms with Crippen molar-refractivity contribution in [1.29, 1.82) is 0 Å². The van der Waals surface area contributed by atoms with E-state index in [0.29, 0.717) is 33.4 Å². The normalized spacial score (nSPS) is 11.7. The topological polar surface area (TPSA) is 87.0 Å². The second kappa shape index (κ2) is 10.1. The summed E-state index contributed by atoms with van der Waals surface area (Å²) in [5, 5.41) is 3.44. The summed E-state index contributed by atoms with van der Waals surface area (Å²) in [6.45, 7) is 3.38. The Balaban J connectivity index is 1.83. The Morgan fingerprint density at radius 3 is 2.40 bits per heavy atom. The van der Waals surface area contributed by atoms with Gasteiger partial charge in [-0.1, -0.05) is 29.8 Å². The van der Waals surface area contributed by atoms with Gasteiger partial charge in [-0.2, -0.15) is 0 Å². The van der Waals surface area contributed by atoms with Crippen molar-refractivity contribution in [3.8, 4) is 28.6 Å². The van der Waals surface area contributed by atoms with Crippen LogP contribution in [0.5, 0.6) is 17.2 Å². The molecule has 180 valence electrons. The molecule has 1 N–H and O–H groups in total. The van der Waals surface area contributed by atoms with Crippen molar-refractivity contribution in [2.75, 3.05) is 19.5 Å². The first-order chi connectivity index (χ1) is 16.8. The van der Waals surface area contributed by atoms with E-state index in [0.717, 1.165) is 5.56 Å². The average molecular weight is 494 g/mol. The molecular formula is C27H24ClNO6. The van der Waals surface area contributed by atoms with Crippen LogP contribution in [0.1, 0.15) is 12.5 Å². The third-order valence-corrected chi connectivity index (χ3v) is 5.89. The molecule has 0 aliphatic heterocycles. The Morgan fingerprint density at radius 1 is 1.00 bits per heavy atom. The van der Waals surface area contributed by atoms with Gasteiger partial charge in [-0.25, -0.2) is 0 Å². The first-order valence-electron chi connectivity index (χ1n) is 10.8. The van der Waals surface area contributed by atoms with E-state index in [1.54, 1.807) is 55.5 Å². The molecule has 0 saturated heterocycles. The van der Waals surface area contributed by atoms with Gasteiger partial charge in [0.15, 0.2) is 23.4 Å². The smallest absolute Gasteiger partial charge is 0.265 e. The molecule has 4 aromatic rings. The van der Waals surface area contributed by atoms with E-state index in [1.807, 2.05) is 13.0 Å². The fraction of sp³-hybridized carbons (Fsp3) is 0.185. The van der Waals surface area contributed by atoms with E-state index in [-0.39, 0.29) is 16.9 Å². The van der Waals surface area contributed by atoms with Crippen molar-refractivity contribution in [1.82, 2.24) is 0 Å². The van der Waals surface area contributed by atoms with E-state index in [1.165, 1.54) is 20.3 Å². The number of halogens is 1. The number of hydrogen-bond donors (Lipinski definition) is 1. The predicted octanol–water partition coefficient (Wildman–Crippen LogP) is 5.85. The SMILES string of the molecule is COc1ccc(-c2oc3cc(C)c(Cl)cc3c(=O)c2OC(C)C(=O)Nc2ccccc2)cc1OC. The van der Waals surface area contributed by atoms with Gasteiger partial charge in [-0.15, -0.1) is 0 Å². The van der Waals surface area contributed by atoms with Gasteiger partial charge in [0, 0.05) is 16.3 Å². The zero-order chi connectivity index (χ0) is 25.1. The summed E-state index contributed by atoms with van der Waals surface area (Å²) in [6.07, 6.45) is -1.00. The molecule has 0 saturated carbocycles. The zero-order valence-electron chi connectivity index (χ0n) is 19.7. The summed E-state index contributed by atoms with van der Waals surface area (Å²) in [5.74, 6) is 0.585. The molecule has 1 aromatic heterocycles. The van der Waals surface area contributed by atoms with Crippen LogP contribution >= 0.6 is 11.6 Å². The molecular weight excluding hydrogens is 470 g/mol. The maximum atomic E-state index is 13.5. The lowest BCUT2D eigenvalue weighted by Crippen LogP contribution is -2.31. The minimum absolute atomic E-state index is 0.111. The lowest BCUT2D eigenvalue weighted by Gasteiger charge is -2.18. The number of para-hydroxylation sites is 1. The summed E-state index contributed by atoms with van der Waals surface area (Å²) in [5.41, 5.74) is 1.78. The number of fused-ring (bicyclic) bond motifs is 1. The van der Waals surface area contributed by atoms with E-state index in [4.69, 9.17) is 30.2 Å².